The number of hydrogen-bond acceptors (Lipinski definition) is 13. The van der Waals surface area contributed by atoms with Crippen molar-refractivity contribution in [2.75, 3.05) is 39.6 Å². The van der Waals surface area contributed by atoms with Gasteiger partial charge in [-0.3, -0.25) is 14.6 Å². The SMILES string of the molecule is CCOC(C)(C)C(=O)OCOC(=O)c1cccc2c1OB(O)[C@@H](NC(=O)CN1CC(C(=O)N[C@H]3CCNC3)N=N1)C2. The molecule has 1 fully saturated rings. The van der Waals surface area contributed by atoms with Crippen molar-refractivity contribution in [2.45, 2.75) is 57.2 Å². The molecule has 3 atom stereocenters. The average Bonchev–Trinajstić information content (AvgIpc) is 3.61. The van der Waals surface area contributed by atoms with Crippen molar-refractivity contribution >= 4 is 30.9 Å². The summed E-state index contributed by atoms with van der Waals surface area (Å²) in [6.07, 6.45) is 1.02. The number of fused-ring (bicyclic) bond motifs is 1. The second kappa shape index (κ2) is 13.3. The molecule has 1 saturated heterocycles. The van der Waals surface area contributed by atoms with Crippen LogP contribution in [0.1, 0.15) is 43.1 Å². The van der Waals surface area contributed by atoms with E-state index < -0.39 is 49.3 Å². The summed E-state index contributed by atoms with van der Waals surface area (Å²) in [6.45, 7) is 6.05. The zero-order valence-electron chi connectivity index (χ0n) is 23.3. The number of benzene rings is 1. The van der Waals surface area contributed by atoms with Crippen molar-refractivity contribution in [2.24, 2.45) is 10.3 Å². The molecule has 0 aromatic heterocycles. The standard InChI is InChI=1S/C25H35BN6O9/c1-4-40-25(2,3)24(36)39-14-38-23(35)17-7-5-6-15-10-19(26(37)41-21(15)17)29-20(33)13-32-12-18(30-31-32)22(34)28-16-8-9-27-11-16/h5-7,16,18-19,27,37H,4,8-14H2,1-3H3,(H,28,34)(H,29,33)/t16-,18?,19-/m0/s1. The van der Waals surface area contributed by atoms with Gasteiger partial charge in [0.05, 0.1) is 12.5 Å². The number of nitrogens with zero attached hydrogens (tertiary/aromatic N) is 3. The Morgan fingerprint density at radius 3 is 2.78 bits per heavy atom. The van der Waals surface area contributed by atoms with E-state index in [1.165, 1.54) is 11.1 Å². The summed E-state index contributed by atoms with van der Waals surface area (Å²) in [5.41, 5.74) is -0.606. The Kier molecular flexibility index (Phi) is 9.78. The minimum Gasteiger partial charge on any atom is -0.534 e. The molecule has 1 unspecified atom stereocenters. The number of para-hydroxylation sites is 1. The molecule has 4 N–H and O–H groups in total. The Morgan fingerprint density at radius 1 is 1.24 bits per heavy atom. The third-order valence-electron chi connectivity index (χ3n) is 6.80. The summed E-state index contributed by atoms with van der Waals surface area (Å²) in [4.78, 5) is 49.9. The highest BCUT2D eigenvalue weighted by atomic mass is 16.7. The molecular formula is C25H35BN6O9. The predicted molar refractivity (Wildman–Crippen MR) is 142 cm³/mol. The van der Waals surface area contributed by atoms with Crippen LogP contribution in [0.25, 0.3) is 0 Å². The molecule has 3 aliphatic rings. The van der Waals surface area contributed by atoms with Crippen molar-refractivity contribution in [1.29, 1.82) is 0 Å². The summed E-state index contributed by atoms with van der Waals surface area (Å²) in [5, 5.41) is 28.7. The summed E-state index contributed by atoms with van der Waals surface area (Å²) in [7, 11) is -1.45. The summed E-state index contributed by atoms with van der Waals surface area (Å²) < 4.78 is 21.0. The van der Waals surface area contributed by atoms with E-state index in [0.29, 0.717) is 18.7 Å². The monoisotopic (exact) mass is 574 g/mol. The van der Waals surface area contributed by atoms with Crippen LogP contribution in [0.4, 0.5) is 0 Å². The van der Waals surface area contributed by atoms with Gasteiger partial charge in [-0.15, -0.1) is 0 Å². The molecule has 1 aromatic carbocycles. The van der Waals surface area contributed by atoms with Gasteiger partial charge in [-0.05, 0) is 51.8 Å². The maximum Gasteiger partial charge on any atom is 0.547 e. The first kappa shape index (κ1) is 30.2. The van der Waals surface area contributed by atoms with E-state index >= 15 is 0 Å². The van der Waals surface area contributed by atoms with E-state index in [1.54, 1.807) is 32.9 Å². The van der Waals surface area contributed by atoms with Crippen LogP contribution in [-0.4, -0.2) is 104 Å². The van der Waals surface area contributed by atoms with Crippen molar-refractivity contribution in [3.63, 3.8) is 0 Å². The van der Waals surface area contributed by atoms with Gasteiger partial charge in [0.2, 0.25) is 18.6 Å². The second-order valence-electron chi connectivity index (χ2n) is 10.4. The van der Waals surface area contributed by atoms with Crippen LogP contribution in [0.3, 0.4) is 0 Å². The van der Waals surface area contributed by atoms with E-state index in [9.17, 15) is 24.2 Å². The molecular weight excluding hydrogens is 539 g/mol. The van der Waals surface area contributed by atoms with Gasteiger partial charge < -0.3 is 39.8 Å². The fourth-order valence-corrected chi connectivity index (χ4v) is 4.65. The minimum absolute atomic E-state index is 0.0293. The van der Waals surface area contributed by atoms with Crippen LogP contribution in [0, 0.1) is 0 Å². The first-order valence-corrected chi connectivity index (χ1v) is 13.5. The lowest BCUT2D eigenvalue weighted by molar-refractivity contribution is -0.176. The van der Waals surface area contributed by atoms with Gasteiger partial charge in [0, 0.05) is 19.2 Å². The van der Waals surface area contributed by atoms with E-state index in [0.717, 1.165) is 13.0 Å². The number of carbonyl (C=O) groups is 4. The Hall–Kier alpha value is -3.76. The first-order chi connectivity index (χ1) is 19.6. The fraction of sp³-hybridized carbons (Fsp3) is 0.600. The van der Waals surface area contributed by atoms with E-state index in [2.05, 4.69) is 26.3 Å². The number of esters is 2. The summed E-state index contributed by atoms with van der Waals surface area (Å²) >= 11 is 0. The van der Waals surface area contributed by atoms with Crippen molar-refractivity contribution in [1.82, 2.24) is 21.0 Å². The Bertz CT molecular complexity index is 1180. The van der Waals surface area contributed by atoms with Crippen LogP contribution in [0.5, 0.6) is 5.75 Å². The molecule has 16 heteroatoms. The number of amides is 2. The van der Waals surface area contributed by atoms with Gasteiger partial charge in [0.15, 0.2) is 11.6 Å². The maximum atomic E-state index is 12.7. The lowest BCUT2D eigenvalue weighted by Crippen LogP contribution is -2.54. The van der Waals surface area contributed by atoms with Crippen LogP contribution in [0.15, 0.2) is 28.5 Å². The lowest BCUT2D eigenvalue weighted by Gasteiger charge is -2.29. The molecule has 0 saturated carbocycles. The molecule has 3 heterocycles. The largest absolute Gasteiger partial charge is 0.547 e. The summed E-state index contributed by atoms with van der Waals surface area (Å²) in [6, 6.07) is 4.11. The third-order valence-corrected chi connectivity index (χ3v) is 6.80. The third kappa shape index (κ3) is 7.71. The van der Waals surface area contributed by atoms with E-state index in [4.69, 9.17) is 18.9 Å². The van der Waals surface area contributed by atoms with Gasteiger partial charge in [0.25, 0.3) is 0 Å². The normalized spacial score (nSPS) is 21.6. The second-order valence-corrected chi connectivity index (χ2v) is 10.4. The van der Waals surface area contributed by atoms with E-state index in [1.807, 2.05) is 0 Å². The Balaban J connectivity index is 1.26. The minimum atomic E-state index is -1.45. The van der Waals surface area contributed by atoms with Gasteiger partial charge in [0.1, 0.15) is 17.9 Å². The van der Waals surface area contributed by atoms with Crippen LogP contribution in [0.2, 0.25) is 0 Å². The average molecular weight is 574 g/mol. The lowest BCUT2D eigenvalue weighted by atomic mass is 9.72. The van der Waals surface area contributed by atoms with Gasteiger partial charge in [-0.25, -0.2) is 9.59 Å². The number of nitrogens with one attached hydrogen (secondary N) is 3. The van der Waals surface area contributed by atoms with Crippen LogP contribution in [-0.2, 0) is 35.0 Å². The van der Waals surface area contributed by atoms with Crippen LogP contribution >= 0.6 is 0 Å². The highest BCUT2D eigenvalue weighted by Gasteiger charge is 2.39. The van der Waals surface area contributed by atoms with Gasteiger partial charge in [-0.1, -0.05) is 17.4 Å². The Morgan fingerprint density at radius 2 is 2.05 bits per heavy atom. The molecule has 15 nitrogen and oxygen atoms in total. The molecule has 41 heavy (non-hydrogen) atoms. The smallest absolute Gasteiger partial charge is 0.534 e. The highest BCUT2D eigenvalue weighted by molar-refractivity contribution is 6.47. The molecule has 0 radical (unpaired) electrons. The maximum absolute atomic E-state index is 12.7. The number of hydrogen-bond donors (Lipinski definition) is 4. The number of rotatable bonds is 11. The quantitative estimate of drug-likeness (QED) is 0.146. The topological polar surface area (TPSA) is 189 Å². The van der Waals surface area contributed by atoms with Crippen LogP contribution < -0.4 is 20.6 Å². The van der Waals surface area contributed by atoms with Gasteiger partial charge >= 0.3 is 19.1 Å². The van der Waals surface area contributed by atoms with E-state index in [-0.39, 0.29) is 42.8 Å². The molecule has 2 amide bonds. The molecule has 0 bridgehead atoms. The molecule has 0 aliphatic carbocycles. The molecule has 4 rings (SSSR count). The fourth-order valence-electron chi connectivity index (χ4n) is 4.65. The van der Waals surface area contributed by atoms with Crippen molar-refractivity contribution < 1.29 is 43.1 Å². The highest BCUT2D eigenvalue weighted by Crippen LogP contribution is 2.30. The zero-order valence-corrected chi connectivity index (χ0v) is 23.3. The Labute approximate surface area is 237 Å². The molecule has 3 aliphatic heterocycles. The first-order valence-electron chi connectivity index (χ1n) is 13.5. The van der Waals surface area contributed by atoms with Crippen molar-refractivity contribution in [3.8, 4) is 5.75 Å². The van der Waals surface area contributed by atoms with Crippen molar-refractivity contribution in [3.05, 3.63) is 29.3 Å². The molecule has 0 spiro atoms. The zero-order chi connectivity index (χ0) is 29.6. The predicted octanol–water partition coefficient (Wildman–Crippen LogP) is -0.872. The molecule has 222 valence electrons. The summed E-state index contributed by atoms with van der Waals surface area (Å²) in [5.74, 6) is -2.90. The number of ether oxygens (including phenoxy) is 3. The van der Waals surface area contributed by atoms with Gasteiger partial charge in [-0.2, -0.15) is 5.11 Å². The molecule has 1 aromatic rings. The number of carbonyl (C=O) groups excluding carboxylic acids is 4.